The fraction of sp³-hybridized carbons (Fsp3) is 1.00. The summed E-state index contributed by atoms with van der Waals surface area (Å²) in [5, 5.41) is 9.23. The molecule has 3 saturated carbocycles. The quantitative estimate of drug-likeness (QED) is 0.812. The Balaban J connectivity index is 1.69. The minimum Gasteiger partial charge on any atom is -0.396 e. The van der Waals surface area contributed by atoms with E-state index in [0.29, 0.717) is 18.1 Å². The molecule has 3 fully saturated rings. The van der Waals surface area contributed by atoms with Crippen LogP contribution in [-0.4, -0.2) is 23.4 Å². The van der Waals surface area contributed by atoms with Crippen molar-refractivity contribution in [3.05, 3.63) is 0 Å². The lowest BCUT2D eigenvalue weighted by atomic mass is 9.55. The van der Waals surface area contributed by atoms with Crippen LogP contribution in [0, 0.1) is 29.1 Å². The lowest BCUT2D eigenvalue weighted by Gasteiger charge is -2.52. The van der Waals surface area contributed by atoms with Crippen molar-refractivity contribution < 1.29 is 9.84 Å². The van der Waals surface area contributed by atoms with Crippen molar-refractivity contribution >= 4 is 0 Å². The molecule has 3 unspecified atom stereocenters. The standard InChI is InChI=1S/C20H36O2/c1-19(2,3)22-18-8-7-17-16-6-5-14(10-12-21)13-15(16)9-11-20(17,18)4/h14-18,21H,5-13H2,1-4H3/t14-,15?,16?,17?,18+,20+/m1/s1. The first-order valence-electron chi connectivity index (χ1n) is 9.62. The van der Waals surface area contributed by atoms with Crippen molar-refractivity contribution in [1.29, 1.82) is 0 Å². The maximum absolute atomic E-state index is 9.23. The minimum absolute atomic E-state index is 0.0157. The largest absolute Gasteiger partial charge is 0.396 e. The number of hydrogen-bond acceptors (Lipinski definition) is 2. The van der Waals surface area contributed by atoms with E-state index in [-0.39, 0.29) is 5.60 Å². The summed E-state index contributed by atoms with van der Waals surface area (Å²) in [5.41, 5.74) is 0.399. The van der Waals surface area contributed by atoms with Crippen LogP contribution >= 0.6 is 0 Å². The van der Waals surface area contributed by atoms with E-state index in [1.807, 2.05) is 0 Å². The van der Waals surface area contributed by atoms with Crippen molar-refractivity contribution in [3.8, 4) is 0 Å². The summed E-state index contributed by atoms with van der Waals surface area (Å²) in [6, 6.07) is 0. The molecule has 0 aliphatic heterocycles. The molecule has 0 bridgehead atoms. The molecule has 2 nitrogen and oxygen atoms in total. The van der Waals surface area contributed by atoms with Crippen LogP contribution in [0.2, 0.25) is 0 Å². The highest BCUT2D eigenvalue weighted by Gasteiger charge is 2.55. The molecule has 0 amide bonds. The average Bonchev–Trinajstić information content (AvgIpc) is 2.75. The smallest absolute Gasteiger partial charge is 0.0638 e. The second-order valence-corrected chi connectivity index (χ2v) is 9.56. The molecule has 2 heteroatoms. The van der Waals surface area contributed by atoms with Crippen LogP contribution in [0.5, 0.6) is 0 Å². The Morgan fingerprint density at radius 1 is 1.09 bits per heavy atom. The van der Waals surface area contributed by atoms with Gasteiger partial charge < -0.3 is 9.84 Å². The van der Waals surface area contributed by atoms with E-state index in [9.17, 15) is 5.11 Å². The molecular weight excluding hydrogens is 272 g/mol. The van der Waals surface area contributed by atoms with Gasteiger partial charge in [-0.15, -0.1) is 0 Å². The van der Waals surface area contributed by atoms with Gasteiger partial charge in [-0.3, -0.25) is 0 Å². The Hall–Kier alpha value is -0.0800. The number of rotatable bonds is 3. The van der Waals surface area contributed by atoms with Crippen molar-refractivity contribution in [3.63, 3.8) is 0 Å². The molecule has 0 spiro atoms. The number of hydrogen-bond donors (Lipinski definition) is 1. The molecule has 22 heavy (non-hydrogen) atoms. The number of aliphatic hydroxyl groups excluding tert-OH is 1. The van der Waals surface area contributed by atoms with E-state index in [2.05, 4.69) is 27.7 Å². The highest BCUT2D eigenvalue weighted by Crippen LogP contribution is 2.61. The van der Waals surface area contributed by atoms with Gasteiger partial charge in [-0.1, -0.05) is 13.3 Å². The second-order valence-electron chi connectivity index (χ2n) is 9.56. The van der Waals surface area contributed by atoms with Crippen molar-refractivity contribution in [2.24, 2.45) is 29.1 Å². The monoisotopic (exact) mass is 308 g/mol. The normalized spacial score (nSPS) is 45.4. The Kier molecular flexibility index (Phi) is 4.64. The van der Waals surface area contributed by atoms with Gasteiger partial charge in [0.2, 0.25) is 0 Å². The fourth-order valence-electron chi connectivity index (χ4n) is 6.09. The van der Waals surface area contributed by atoms with Gasteiger partial charge in [-0.05, 0) is 94.8 Å². The molecule has 0 radical (unpaired) electrons. The molecule has 0 aromatic carbocycles. The first-order chi connectivity index (χ1) is 10.3. The average molecular weight is 309 g/mol. The van der Waals surface area contributed by atoms with E-state index in [4.69, 9.17) is 4.74 Å². The Morgan fingerprint density at radius 3 is 2.55 bits per heavy atom. The van der Waals surface area contributed by atoms with Crippen LogP contribution in [0.4, 0.5) is 0 Å². The van der Waals surface area contributed by atoms with Crippen LogP contribution in [-0.2, 0) is 4.74 Å². The predicted octanol–water partition coefficient (Wildman–Crippen LogP) is 4.80. The van der Waals surface area contributed by atoms with Crippen LogP contribution in [0.3, 0.4) is 0 Å². The van der Waals surface area contributed by atoms with Gasteiger partial charge in [0, 0.05) is 6.61 Å². The third-order valence-corrected chi connectivity index (χ3v) is 7.08. The zero-order chi connectivity index (χ0) is 16.0. The van der Waals surface area contributed by atoms with Gasteiger partial charge in [0.15, 0.2) is 0 Å². The Labute approximate surface area is 137 Å². The molecule has 0 aromatic heterocycles. The molecule has 0 saturated heterocycles. The zero-order valence-electron chi connectivity index (χ0n) is 15.1. The van der Waals surface area contributed by atoms with E-state index in [0.717, 1.165) is 30.1 Å². The molecule has 6 atom stereocenters. The zero-order valence-corrected chi connectivity index (χ0v) is 15.1. The molecule has 3 aliphatic carbocycles. The first-order valence-corrected chi connectivity index (χ1v) is 9.62. The van der Waals surface area contributed by atoms with Crippen LogP contribution in [0.15, 0.2) is 0 Å². The van der Waals surface area contributed by atoms with Gasteiger partial charge in [-0.25, -0.2) is 0 Å². The van der Waals surface area contributed by atoms with Gasteiger partial charge in [-0.2, -0.15) is 0 Å². The second kappa shape index (κ2) is 6.09. The summed E-state index contributed by atoms with van der Waals surface area (Å²) >= 11 is 0. The summed E-state index contributed by atoms with van der Waals surface area (Å²) in [7, 11) is 0. The molecule has 1 N–H and O–H groups in total. The summed E-state index contributed by atoms with van der Waals surface area (Å²) in [5.74, 6) is 3.53. The van der Waals surface area contributed by atoms with Gasteiger partial charge in [0.1, 0.15) is 0 Å². The maximum atomic E-state index is 9.23. The fourth-order valence-corrected chi connectivity index (χ4v) is 6.09. The lowest BCUT2D eigenvalue weighted by Crippen LogP contribution is -2.47. The molecule has 0 heterocycles. The Morgan fingerprint density at radius 2 is 1.86 bits per heavy atom. The van der Waals surface area contributed by atoms with Crippen LogP contribution in [0.25, 0.3) is 0 Å². The van der Waals surface area contributed by atoms with Crippen molar-refractivity contribution in [2.45, 2.75) is 90.8 Å². The predicted molar refractivity (Wildman–Crippen MR) is 90.7 cm³/mol. The SMILES string of the molecule is CC(C)(C)O[C@H]1CCC2C3CC[C@H](CCO)CC3CC[C@@]21C. The molecule has 128 valence electrons. The topological polar surface area (TPSA) is 29.5 Å². The maximum Gasteiger partial charge on any atom is 0.0638 e. The summed E-state index contributed by atoms with van der Waals surface area (Å²) in [6.07, 6.45) is 11.0. The molecule has 3 aliphatic rings. The summed E-state index contributed by atoms with van der Waals surface area (Å²) in [4.78, 5) is 0. The number of aliphatic hydroxyl groups is 1. The van der Waals surface area contributed by atoms with E-state index in [1.165, 1.54) is 44.9 Å². The third kappa shape index (κ3) is 3.11. The van der Waals surface area contributed by atoms with E-state index >= 15 is 0 Å². The van der Waals surface area contributed by atoms with Gasteiger partial charge >= 0.3 is 0 Å². The van der Waals surface area contributed by atoms with E-state index in [1.54, 1.807) is 0 Å². The molecule has 3 rings (SSSR count). The molecule has 0 aromatic rings. The van der Waals surface area contributed by atoms with Crippen LogP contribution < -0.4 is 0 Å². The third-order valence-electron chi connectivity index (χ3n) is 7.08. The molecular formula is C20H36O2. The number of ether oxygens (including phenoxy) is 1. The van der Waals surface area contributed by atoms with Gasteiger partial charge in [0.05, 0.1) is 11.7 Å². The number of fused-ring (bicyclic) bond motifs is 3. The Bertz CT molecular complexity index is 386. The van der Waals surface area contributed by atoms with Crippen molar-refractivity contribution in [2.75, 3.05) is 6.61 Å². The highest BCUT2D eigenvalue weighted by molar-refractivity contribution is 5.05. The van der Waals surface area contributed by atoms with E-state index < -0.39 is 0 Å². The van der Waals surface area contributed by atoms with Crippen molar-refractivity contribution in [1.82, 2.24) is 0 Å². The first kappa shape index (κ1) is 16.8. The minimum atomic E-state index is -0.0157. The highest BCUT2D eigenvalue weighted by atomic mass is 16.5. The lowest BCUT2D eigenvalue weighted by molar-refractivity contribution is -0.133. The van der Waals surface area contributed by atoms with Crippen LogP contribution in [0.1, 0.15) is 79.1 Å². The summed E-state index contributed by atoms with van der Waals surface area (Å²) < 4.78 is 6.48. The summed E-state index contributed by atoms with van der Waals surface area (Å²) in [6.45, 7) is 9.52. The van der Waals surface area contributed by atoms with Gasteiger partial charge in [0.25, 0.3) is 0 Å².